The molecule has 0 fully saturated rings. The van der Waals surface area contributed by atoms with Gasteiger partial charge in [-0.3, -0.25) is 0 Å². The van der Waals surface area contributed by atoms with Crippen molar-refractivity contribution < 1.29 is 14.6 Å². The molecule has 1 atom stereocenters. The van der Waals surface area contributed by atoms with Crippen molar-refractivity contribution in [3.05, 3.63) is 86.9 Å². The summed E-state index contributed by atoms with van der Waals surface area (Å²) >= 11 is 3.51. The van der Waals surface area contributed by atoms with E-state index in [1.165, 1.54) is 5.56 Å². The van der Waals surface area contributed by atoms with Gasteiger partial charge in [-0.05, 0) is 73.2 Å². The molecule has 4 rings (SSSR count). The second-order valence-corrected chi connectivity index (χ2v) is 8.71. The molecule has 3 aromatic rings. The summed E-state index contributed by atoms with van der Waals surface area (Å²) in [6.45, 7) is 5.61. The highest BCUT2D eigenvalue weighted by Gasteiger charge is 2.32. The summed E-state index contributed by atoms with van der Waals surface area (Å²) in [5.74, 6) is -0.321. The minimum Gasteiger partial charge on any atom is -0.507 e. The Labute approximate surface area is 179 Å². The van der Waals surface area contributed by atoms with Gasteiger partial charge in [-0.2, -0.15) is 0 Å². The van der Waals surface area contributed by atoms with Crippen molar-refractivity contribution in [2.45, 2.75) is 39.2 Å². The zero-order chi connectivity index (χ0) is 20.7. The molecule has 0 radical (unpaired) electrons. The average Bonchev–Trinajstić information content (AvgIpc) is 2.67. The Kier molecular flexibility index (Phi) is 5.22. The summed E-state index contributed by atoms with van der Waals surface area (Å²) in [6.07, 6.45) is 0.510. The van der Waals surface area contributed by atoms with Gasteiger partial charge in [-0.15, -0.1) is 0 Å². The van der Waals surface area contributed by atoms with Crippen molar-refractivity contribution in [1.82, 2.24) is 0 Å². The summed E-state index contributed by atoms with van der Waals surface area (Å²) in [4.78, 5) is 12.9. The number of phenols is 1. The van der Waals surface area contributed by atoms with Crippen LogP contribution in [-0.2, 0) is 11.2 Å². The minimum absolute atomic E-state index is 0.0243. The third kappa shape index (κ3) is 3.58. The summed E-state index contributed by atoms with van der Waals surface area (Å²) < 4.78 is 6.51. The topological polar surface area (TPSA) is 46.5 Å². The minimum atomic E-state index is -0.481. The normalized spacial score (nSPS) is 15.0. The monoisotopic (exact) mass is 450 g/mol. The van der Waals surface area contributed by atoms with E-state index in [1.807, 2.05) is 39.0 Å². The van der Waals surface area contributed by atoms with E-state index < -0.39 is 5.97 Å². The number of carbonyl (C=O) groups is 1. The van der Waals surface area contributed by atoms with E-state index in [1.54, 1.807) is 6.07 Å². The number of phenolic OH excluding ortho intramolecular Hbond substituents is 1. The molecule has 4 heteroatoms. The number of esters is 1. The van der Waals surface area contributed by atoms with Gasteiger partial charge in [0.15, 0.2) is 0 Å². The number of benzene rings is 3. The number of halogens is 1. The Morgan fingerprint density at radius 3 is 2.52 bits per heavy atom. The van der Waals surface area contributed by atoms with Crippen LogP contribution in [0.2, 0.25) is 0 Å². The average molecular weight is 451 g/mol. The number of hydrogen-bond acceptors (Lipinski definition) is 3. The highest BCUT2D eigenvalue weighted by molar-refractivity contribution is 9.10. The molecule has 0 aromatic heterocycles. The molecule has 148 valence electrons. The molecule has 0 saturated heterocycles. The molecule has 1 N–H and O–H groups in total. The summed E-state index contributed by atoms with van der Waals surface area (Å²) in [6, 6.07) is 18.2. The van der Waals surface area contributed by atoms with Crippen LogP contribution in [0, 0.1) is 6.92 Å². The maximum absolute atomic E-state index is 12.9. The Balaban J connectivity index is 1.94. The highest BCUT2D eigenvalue weighted by Crippen LogP contribution is 2.47. The van der Waals surface area contributed by atoms with Crippen molar-refractivity contribution >= 4 is 21.9 Å². The van der Waals surface area contributed by atoms with Crippen LogP contribution in [0.15, 0.2) is 59.1 Å². The van der Waals surface area contributed by atoms with Crippen molar-refractivity contribution in [1.29, 1.82) is 0 Å². The Morgan fingerprint density at radius 2 is 1.83 bits per heavy atom. The predicted molar refractivity (Wildman–Crippen MR) is 119 cm³/mol. The molecule has 0 bridgehead atoms. The molecule has 1 unspecified atom stereocenters. The third-order valence-electron chi connectivity index (χ3n) is 5.47. The van der Waals surface area contributed by atoms with Gasteiger partial charge in [0.25, 0.3) is 0 Å². The SMILES string of the molecule is Cc1cc(O)c(C(=O)OC(C)C)c2c1CC(c1ccc(Br)cc1)c1ccccc1-2. The number of fused-ring (bicyclic) bond motifs is 3. The number of hydrogen-bond donors (Lipinski definition) is 1. The molecule has 0 heterocycles. The standard InChI is InChI=1S/C25H23BrO3/c1-14(2)29-25(28)24-22(27)12-15(3)20-13-21(16-8-10-17(26)11-9-16)18-6-4-5-7-19(18)23(20)24/h4-12,14,21,27H,13H2,1-3H3. The van der Waals surface area contributed by atoms with Crippen LogP contribution in [0.5, 0.6) is 5.75 Å². The molecule has 0 spiro atoms. The zero-order valence-electron chi connectivity index (χ0n) is 16.7. The van der Waals surface area contributed by atoms with Crippen LogP contribution in [0.1, 0.15) is 52.4 Å². The fraction of sp³-hybridized carbons (Fsp3) is 0.240. The lowest BCUT2D eigenvalue weighted by Crippen LogP contribution is -2.19. The summed E-state index contributed by atoms with van der Waals surface area (Å²) in [5.41, 5.74) is 6.51. The van der Waals surface area contributed by atoms with Crippen LogP contribution < -0.4 is 0 Å². The van der Waals surface area contributed by atoms with Crippen molar-refractivity contribution in [2.24, 2.45) is 0 Å². The van der Waals surface area contributed by atoms with Gasteiger partial charge < -0.3 is 9.84 Å². The lowest BCUT2D eigenvalue weighted by molar-refractivity contribution is 0.0375. The lowest BCUT2D eigenvalue weighted by Gasteiger charge is -2.31. The molecular formula is C25H23BrO3. The van der Waals surface area contributed by atoms with Gasteiger partial charge in [0, 0.05) is 16.0 Å². The molecule has 3 aromatic carbocycles. The van der Waals surface area contributed by atoms with Crippen LogP contribution in [0.3, 0.4) is 0 Å². The molecule has 1 aliphatic rings. The quantitative estimate of drug-likeness (QED) is 0.470. The number of ether oxygens (including phenoxy) is 1. The number of carbonyl (C=O) groups excluding carboxylic acids is 1. The maximum Gasteiger partial charge on any atom is 0.342 e. The van der Waals surface area contributed by atoms with E-state index in [0.717, 1.165) is 38.7 Å². The summed E-state index contributed by atoms with van der Waals surface area (Å²) in [7, 11) is 0. The van der Waals surface area contributed by atoms with Crippen molar-refractivity contribution in [2.75, 3.05) is 0 Å². The fourth-order valence-corrected chi connectivity index (χ4v) is 4.48. The number of aromatic hydroxyl groups is 1. The van der Waals surface area contributed by atoms with Gasteiger partial charge in [0.1, 0.15) is 11.3 Å². The van der Waals surface area contributed by atoms with E-state index in [0.29, 0.717) is 0 Å². The molecule has 0 amide bonds. The van der Waals surface area contributed by atoms with Crippen LogP contribution in [0.25, 0.3) is 11.1 Å². The molecule has 0 saturated carbocycles. The first-order chi connectivity index (χ1) is 13.9. The number of aryl methyl sites for hydroxylation is 1. The smallest absolute Gasteiger partial charge is 0.342 e. The first kappa shape index (κ1) is 19.7. The first-order valence-corrected chi connectivity index (χ1v) is 10.6. The second kappa shape index (κ2) is 7.68. The van der Waals surface area contributed by atoms with Gasteiger partial charge >= 0.3 is 5.97 Å². The lowest BCUT2D eigenvalue weighted by atomic mass is 9.73. The molecule has 3 nitrogen and oxygen atoms in total. The second-order valence-electron chi connectivity index (χ2n) is 7.79. The van der Waals surface area contributed by atoms with E-state index in [-0.39, 0.29) is 23.3 Å². The Morgan fingerprint density at radius 1 is 1.14 bits per heavy atom. The molecule has 1 aliphatic carbocycles. The zero-order valence-corrected chi connectivity index (χ0v) is 18.3. The van der Waals surface area contributed by atoms with Gasteiger partial charge in [0.05, 0.1) is 6.10 Å². The van der Waals surface area contributed by atoms with Crippen molar-refractivity contribution in [3.63, 3.8) is 0 Å². The van der Waals surface area contributed by atoms with Crippen molar-refractivity contribution in [3.8, 4) is 16.9 Å². The van der Waals surface area contributed by atoms with E-state index in [2.05, 4.69) is 46.3 Å². The van der Waals surface area contributed by atoms with Crippen LogP contribution >= 0.6 is 15.9 Å². The molecule has 0 aliphatic heterocycles. The summed E-state index contributed by atoms with van der Waals surface area (Å²) in [5, 5.41) is 10.7. The first-order valence-electron chi connectivity index (χ1n) is 9.78. The predicted octanol–water partition coefficient (Wildman–Crippen LogP) is 6.38. The van der Waals surface area contributed by atoms with Gasteiger partial charge in [-0.1, -0.05) is 52.3 Å². The highest BCUT2D eigenvalue weighted by atomic mass is 79.9. The maximum atomic E-state index is 12.9. The fourth-order valence-electron chi connectivity index (χ4n) is 4.22. The van der Waals surface area contributed by atoms with E-state index >= 15 is 0 Å². The van der Waals surface area contributed by atoms with E-state index in [9.17, 15) is 9.90 Å². The Hall–Kier alpha value is -2.59. The van der Waals surface area contributed by atoms with Gasteiger partial charge in [0.2, 0.25) is 0 Å². The molecular weight excluding hydrogens is 428 g/mol. The van der Waals surface area contributed by atoms with Gasteiger partial charge in [-0.25, -0.2) is 4.79 Å². The largest absolute Gasteiger partial charge is 0.507 e. The third-order valence-corrected chi connectivity index (χ3v) is 6.00. The van der Waals surface area contributed by atoms with E-state index in [4.69, 9.17) is 4.74 Å². The van der Waals surface area contributed by atoms with Crippen LogP contribution in [-0.4, -0.2) is 17.2 Å². The Bertz CT molecular complexity index is 1080. The number of rotatable bonds is 3. The van der Waals surface area contributed by atoms with Crippen LogP contribution in [0.4, 0.5) is 0 Å². The molecule has 29 heavy (non-hydrogen) atoms.